The Labute approximate surface area is 212 Å². The Morgan fingerprint density at radius 2 is 1.81 bits per heavy atom. The molecule has 1 N–H and O–H groups in total. The minimum absolute atomic E-state index is 0.131. The molecular formula is C28H34N8. The molecule has 0 amide bonds. The van der Waals surface area contributed by atoms with Crippen LogP contribution in [0.5, 0.6) is 0 Å². The van der Waals surface area contributed by atoms with E-state index in [1.165, 1.54) is 29.9 Å². The molecule has 1 aliphatic carbocycles. The van der Waals surface area contributed by atoms with Crippen molar-refractivity contribution in [2.45, 2.75) is 46.3 Å². The molecule has 36 heavy (non-hydrogen) atoms. The highest BCUT2D eigenvalue weighted by Crippen LogP contribution is 2.35. The van der Waals surface area contributed by atoms with Crippen LogP contribution in [0.3, 0.4) is 0 Å². The minimum atomic E-state index is 0.131. The van der Waals surface area contributed by atoms with Gasteiger partial charge in [-0.05, 0) is 58.7 Å². The van der Waals surface area contributed by atoms with E-state index in [-0.39, 0.29) is 6.17 Å². The first-order valence-corrected chi connectivity index (χ1v) is 13.0. The molecule has 6 rings (SSSR count). The van der Waals surface area contributed by atoms with Crippen molar-refractivity contribution < 1.29 is 0 Å². The van der Waals surface area contributed by atoms with Gasteiger partial charge in [0.25, 0.3) is 0 Å². The van der Waals surface area contributed by atoms with Crippen LogP contribution >= 0.6 is 0 Å². The number of benzene rings is 2. The van der Waals surface area contributed by atoms with Crippen LogP contribution in [0.15, 0.2) is 65.4 Å². The van der Waals surface area contributed by atoms with E-state index >= 15 is 0 Å². The van der Waals surface area contributed by atoms with Gasteiger partial charge in [-0.3, -0.25) is 0 Å². The second-order valence-electron chi connectivity index (χ2n) is 10.7. The Kier molecular flexibility index (Phi) is 5.95. The normalized spacial score (nSPS) is 19.6. The molecule has 186 valence electrons. The summed E-state index contributed by atoms with van der Waals surface area (Å²) in [6, 6.07) is 17.1. The van der Waals surface area contributed by atoms with E-state index in [4.69, 9.17) is 4.99 Å². The molecule has 1 fully saturated rings. The number of rotatable bonds is 8. The molecule has 2 aromatic carbocycles. The largest absolute Gasteiger partial charge is 0.358 e. The first-order valence-electron chi connectivity index (χ1n) is 13.0. The number of nitrogens with zero attached hydrogens (tertiary/aromatic N) is 7. The zero-order valence-electron chi connectivity index (χ0n) is 21.3. The lowest BCUT2D eigenvalue weighted by Gasteiger charge is -2.39. The average Bonchev–Trinajstić information content (AvgIpc) is 3.40. The maximum absolute atomic E-state index is 5.12. The molecule has 8 heteroatoms. The fourth-order valence-electron chi connectivity index (χ4n) is 5.27. The van der Waals surface area contributed by atoms with Crippen molar-refractivity contribution in [3.63, 3.8) is 0 Å². The van der Waals surface area contributed by atoms with E-state index in [0.717, 1.165) is 48.9 Å². The Morgan fingerprint density at radius 1 is 1.03 bits per heavy atom. The number of tetrazole rings is 1. The first kappa shape index (κ1) is 22.8. The molecule has 3 aliphatic rings. The lowest BCUT2D eigenvalue weighted by molar-refractivity contribution is 0.201. The van der Waals surface area contributed by atoms with Crippen LogP contribution in [-0.2, 0) is 6.54 Å². The molecule has 1 atom stereocenters. The van der Waals surface area contributed by atoms with Crippen molar-refractivity contribution in [1.82, 2.24) is 35.3 Å². The number of H-pyrrole nitrogens is 1. The van der Waals surface area contributed by atoms with Crippen molar-refractivity contribution >= 4 is 5.84 Å². The van der Waals surface area contributed by atoms with Gasteiger partial charge in [-0.15, -0.1) is 5.10 Å². The van der Waals surface area contributed by atoms with E-state index in [0.29, 0.717) is 11.7 Å². The molecule has 0 spiro atoms. The van der Waals surface area contributed by atoms with E-state index in [2.05, 4.69) is 92.6 Å². The number of fused-ring (bicyclic) bond motifs is 1. The maximum Gasteiger partial charge on any atom is 0.180 e. The smallest absolute Gasteiger partial charge is 0.180 e. The quantitative estimate of drug-likeness (QED) is 0.507. The van der Waals surface area contributed by atoms with Gasteiger partial charge < -0.3 is 14.7 Å². The monoisotopic (exact) mass is 482 g/mol. The highest BCUT2D eigenvalue weighted by Gasteiger charge is 2.37. The second-order valence-corrected chi connectivity index (χ2v) is 10.7. The van der Waals surface area contributed by atoms with Gasteiger partial charge in [-0.25, -0.2) is 10.1 Å². The third kappa shape index (κ3) is 4.59. The molecule has 1 saturated carbocycles. The fraction of sp³-hybridized carbons (Fsp3) is 0.429. The summed E-state index contributed by atoms with van der Waals surface area (Å²) in [5, 5.41) is 14.5. The van der Waals surface area contributed by atoms with Gasteiger partial charge in [0.2, 0.25) is 0 Å². The predicted octanol–water partition coefficient (Wildman–Crippen LogP) is 4.58. The summed E-state index contributed by atoms with van der Waals surface area (Å²) in [4.78, 5) is 12.6. The standard InChI is InChI=1S/C28H34N8/c1-19(2)14-34-17-26-28(35(18-34)15-21-8-9-21)29-20(3)36(26)16-22-10-12-23(13-11-22)24-6-4-5-7-25(24)27-30-32-33-31-27/h4-7,10-13,17,19-21H,8-9,14-16,18H2,1-3H3,(H,30,31,32,33). The van der Waals surface area contributed by atoms with Crippen molar-refractivity contribution in [3.05, 3.63) is 66.0 Å². The number of aromatic nitrogens is 4. The van der Waals surface area contributed by atoms with Crippen LogP contribution in [0.2, 0.25) is 0 Å². The number of hydrogen-bond acceptors (Lipinski definition) is 7. The topological polar surface area (TPSA) is 76.5 Å². The van der Waals surface area contributed by atoms with Crippen LogP contribution in [-0.4, -0.2) is 67.1 Å². The molecule has 8 nitrogen and oxygen atoms in total. The summed E-state index contributed by atoms with van der Waals surface area (Å²) >= 11 is 0. The summed E-state index contributed by atoms with van der Waals surface area (Å²) in [6.07, 6.45) is 5.19. The third-order valence-corrected chi connectivity index (χ3v) is 7.18. The number of aromatic amines is 1. The molecule has 3 aromatic rings. The van der Waals surface area contributed by atoms with Gasteiger partial charge in [-0.1, -0.05) is 62.4 Å². The van der Waals surface area contributed by atoms with Crippen LogP contribution in [0.25, 0.3) is 22.5 Å². The SMILES string of the molecule is CC(C)CN1C=C2C(=NC(C)N2Cc2ccc(-c3ccccc3-c3nnn[nH]3)cc2)N(CC2CC2)C1. The Balaban J connectivity index is 1.23. The van der Waals surface area contributed by atoms with E-state index in [1.807, 2.05) is 18.2 Å². The van der Waals surface area contributed by atoms with Crippen LogP contribution < -0.4 is 0 Å². The lowest BCUT2D eigenvalue weighted by Crippen LogP contribution is -2.47. The van der Waals surface area contributed by atoms with E-state index in [9.17, 15) is 0 Å². The molecule has 1 aromatic heterocycles. The van der Waals surface area contributed by atoms with Crippen LogP contribution in [0, 0.1) is 11.8 Å². The first-order chi connectivity index (χ1) is 17.5. The molecule has 3 heterocycles. The Morgan fingerprint density at radius 3 is 2.50 bits per heavy atom. The molecular weight excluding hydrogens is 448 g/mol. The number of amidine groups is 1. The Hall–Kier alpha value is -3.68. The maximum atomic E-state index is 5.12. The van der Waals surface area contributed by atoms with Gasteiger partial charge in [0, 0.05) is 31.4 Å². The third-order valence-electron chi connectivity index (χ3n) is 7.18. The second kappa shape index (κ2) is 9.41. The zero-order chi connectivity index (χ0) is 24.6. The van der Waals surface area contributed by atoms with Crippen molar-refractivity contribution in [2.24, 2.45) is 16.8 Å². The highest BCUT2D eigenvalue weighted by molar-refractivity contribution is 6.00. The van der Waals surface area contributed by atoms with Gasteiger partial charge in [0.1, 0.15) is 6.17 Å². The number of hydrogen-bond donors (Lipinski definition) is 1. The minimum Gasteiger partial charge on any atom is -0.358 e. The molecule has 0 radical (unpaired) electrons. The van der Waals surface area contributed by atoms with Crippen LogP contribution in [0.1, 0.15) is 39.2 Å². The zero-order valence-corrected chi connectivity index (χ0v) is 21.3. The Bertz CT molecular complexity index is 1260. The van der Waals surface area contributed by atoms with Gasteiger partial charge in [-0.2, -0.15) is 0 Å². The lowest BCUT2D eigenvalue weighted by atomic mass is 9.98. The highest BCUT2D eigenvalue weighted by atomic mass is 15.5. The number of nitrogens with one attached hydrogen (secondary N) is 1. The summed E-state index contributed by atoms with van der Waals surface area (Å²) < 4.78 is 0. The average molecular weight is 483 g/mol. The van der Waals surface area contributed by atoms with E-state index < -0.39 is 0 Å². The molecule has 2 aliphatic heterocycles. The van der Waals surface area contributed by atoms with Crippen LogP contribution in [0.4, 0.5) is 0 Å². The summed E-state index contributed by atoms with van der Waals surface area (Å²) in [7, 11) is 0. The van der Waals surface area contributed by atoms with Crippen molar-refractivity contribution in [1.29, 1.82) is 0 Å². The molecule has 0 bridgehead atoms. The van der Waals surface area contributed by atoms with E-state index in [1.54, 1.807) is 0 Å². The predicted molar refractivity (Wildman–Crippen MR) is 141 cm³/mol. The molecule has 1 unspecified atom stereocenters. The summed E-state index contributed by atoms with van der Waals surface area (Å²) in [5.74, 6) is 3.32. The van der Waals surface area contributed by atoms with Crippen molar-refractivity contribution in [3.8, 4) is 22.5 Å². The van der Waals surface area contributed by atoms with Gasteiger partial charge >= 0.3 is 0 Å². The van der Waals surface area contributed by atoms with Gasteiger partial charge in [0.05, 0.1) is 12.4 Å². The summed E-state index contributed by atoms with van der Waals surface area (Å²) in [5.41, 5.74) is 5.79. The fourth-order valence-corrected chi connectivity index (χ4v) is 5.27. The van der Waals surface area contributed by atoms with Gasteiger partial charge in [0.15, 0.2) is 11.7 Å². The summed E-state index contributed by atoms with van der Waals surface area (Å²) in [6.45, 7) is 10.8. The molecule has 0 saturated heterocycles. The van der Waals surface area contributed by atoms with Crippen molar-refractivity contribution in [2.75, 3.05) is 19.8 Å². The number of aliphatic imine (C=N–C) groups is 1.